The predicted molar refractivity (Wildman–Crippen MR) is 106 cm³/mol. The maximum atomic E-state index is 13.1. The van der Waals surface area contributed by atoms with E-state index in [2.05, 4.69) is 0 Å². The molecule has 4 rings (SSSR count). The zero-order valence-corrected chi connectivity index (χ0v) is 15.3. The van der Waals surface area contributed by atoms with Gasteiger partial charge in [-0.2, -0.15) is 0 Å². The minimum absolute atomic E-state index is 0.175. The number of anilines is 2. The van der Waals surface area contributed by atoms with Gasteiger partial charge in [0.15, 0.2) is 4.32 Å². The van der Waals surface area contributed by atoms with Crippen LogP contribution in [0.15, 0.2) is 53.4 Å². The van der Waals surface area contributed by atoms with Crippen molar-refractivity contribution in [1.29, 1.82) is 0 Å². The number of fused-ring (bicyclic) bond motifs is 1. The topological polar surface area (TPSA) is 40.6 Å². The van der Waals surface area contributed by atoms with Crippen molar-refractivity contribution in [2.75, 3.05) is 16.8 Å². The number of para-hydroxylation sites is 1. The number of carbonyl (C=O) groups is 2. The molecule has 124 valence electrons. The molecule has 0 atom stereocenters. The Hall–Kier alpha value is -2.44. The van der Waals surface area contributed by atoms with Crippen LogP contribution in [0.1, 0.15) is 11.1 Å². The summed E-state index contributed by atoms with van der Waals surface area (Å²) in [4.78, 5) is 29.3. The smallest absolute Gasteiger partial charge is 0.271 e. The summed E-state index contributed by atoms with van der Waals surface area (Å²) in [6, 6.07) is 15.1. The van der Waals surface area contributed by atoms with E-state index in [9.17, 15) is 9.59 Å². The zero-order valence-electron chi connectivity index (χ0n) is 13.6. The van der Waals surface area contributed by atoms with Gasteiger partial charge in [0.1, 0.15) is 0 Å². The third-order valence-electron chi connectivity index (χ3n) is 4.31. The van der Waals surface area contributed by atoms with Gasteiger partial charge in [-0.1, -0.05) is 54.3 Å². The van der Waals surface area contributed by atoms with Gasteiger partial charge in [0, 0.05) is 12.6 Å². The molecule has 0 spiro atoms. The van der Waals surface area contributed by atoms with Crippen LogP contribution in [0.25, 0.3) is 5.57 Å². The molecule has 1 fully saturated rings. The summed E-state index contributed by atoms with van der Waals surface area (Å²) in [5.74, 6) is -0.417. The molecule has 0 unspecified atom stereocenters. The van der Waals surface area contributed by atoms with Gasteiger partial charge in [-0.05, 0) is 30.7 Å². The molecule has 4 nitrogen and oxygen atoms in total. The highest BCUT2D eigenvalue weighted by molar-refractivity contribution is 8.27. The number of amides is 2. The fraction of sp³-hybridized carbons (Fsp3) is 0.105. The average molecular weight is 366 g/mol. The quantitative estimate of drug-likeness (QED) is 0.569. The summed E-state index contributed by atoms with van der Waals surface area (Å²) in [5, 5.41) is 0. The fourth-order valence-electron chi connectivity index (χ4n) is 3.10. The molecular formula is C19H14N2O2S2. The van der Waals surface area contributed by atoms with E-state index in [0.717, 1.165) is 22.5 Å². The van der Waals surface area contributed by atoms with Crippen LogP contribution < -0.4 is 9.80 Å². The first-order chi connectivity index (χ1) is 12.0. The molecule has 2 aliphatic rings. The van der Waals surface area contributed by atoms with E-state index in [1.807, 2.05) is 55.5 Å². The number of carbonyl (C=O) groups excluding carboxylic acids is 2. The molecule has 0 aliphatic carbocycles. The Kier molecular flexibility index (Phi) is 3.74. The fourth-order valence-corrected chi connectivity index (χ4v) is 4.47. The van der Waals surface area contributed by atoms with Crippen LogP contribution in [-0.4, -0.2) is 23.2 Å². The van der Waals surface area contributed by atoms with Crippen molar-refractivity contribution in [2.45, 2.75) is 6.92 Å². The summed E-state index contributed by atoms with van der Waals surface area (Å²) in [5.41, 5.74) is 3.79. The van der Waals surface area contributed by atoms with E-state index in [1.54, 1.807) is 11.9 Å². The van der Waals surface area contributed by atoms with Crippen molar-refractivity contribution in [2.24, 2.45) is 0 Å². The number of rotatable bonds is 1. The van der Waals surface area contributed by atoms with E-state index >= 15 is 0 Å². The third kappa shape index (κ3) is 2.41. The van der Waals surface area contributed by atoms with Crippen molar-refractivity contribution in [3.63, 3.8) is 0 Å². The number of nitrogens with zero attached hydrogens (tertiary/aromatic N) is 2. The second kappa shape index (κ2) is 5.82. The summed E-state index contributed by atoms with van der Waals surface area (Å²) in [7, 11) is 1.72. The Labute approximate surface area is 155 Å². The summed E-state index contributed by atoms with van der Waals surface area (Å²) in [6.45, 7) is 1.96. The molecule has 0 radical (unpaired) electrons. The lowest BCUT2D eigenvalue weighted by atomic mass is 10.1. The second-order valence-corrected chi connectivity index (χ2v) is 7.58. The lowest BCUT2D eigenvalue weighted by Crippen LogP contribution is -2.28. The van der Waals surface area contributed by atoms with E-state index in [-0.39, 0.29) is 11.8 Å². The SMILES string of the molecule is Cc1cccc(N2C(=O)/C(=C3/C(=O)N(C)c4ccccc43)SC2=S)c1. The van der Waals surface area contributed by atoms with E-state index in [4.69, 9.17) is 12.2 Å². The molecule has 2 amide bonds. The molecule has 1 saturated heterocycles. The summed E-state index contributed by atoms with van der Waals surface area (Å²) >= 11 is 6.62. The molecule has 0 saturated carbocycles. The molecule has 2 heterocycles. The highest BCUT2D eigenvalue weighted by atomic mass is 32.2. The van der Waals surface area contributed by atoms with Gasteiger partial charge in [-0.3, -0.25) is 14.5 Å². The van der Waals surface area contributed by atoms with Gasteiger partial charge >= 0.3 is 0 Å². The lowest BCUT2D eigenvalue weighted by Gasteiger charge is -2.15. The van der Waals surface area contributed by atoms with Crippen LogP contribution in [-0.2, 0) is 9.59 Å². The number of likely N-dealkylation sites (N-methyl/N-ethyl adjacent to an activating group) is 1. The molecular weight excluding hydrogens is 352 g/mol. The minimum atomic E-state index is -0.242. The van der Waals surface area contributed by atoms with Crippen molar-refractivity contribution < 1.29 is 9.59 Å². The Balaban J connectivity index is 1.85. The normalized spacial score (nSPS) is 19.8. The maximum absolute atomic E-state index is 13.1. The number of hydrogen-bond donors (Lipinski definition) is 0. The average Bonchev–Trinajstić information content (AvgIpc) is 3.02. The number of benzene rings is 2. The number of thiocarbonyl (C=S) groups is 1. The maximum Gasteiger partial charge on any atom is 0.271 e. The molecule has 0 bridgehead atoms. The van der Waals surface area contributed by atoms with Crippen molar-refractivity contribution >= 4 is 57.1 Å². The monoisotopic (exact) mass is 366 g/mol. The van der Waals surface area contributed by atoms with Gasteiger partial charge in [0.05, 0.1) is 21.9 Å². The molecule has 2 aromatic carbocycles. The molecule has 2 aliphatic heterocycles. The van der Waals surface area contributed by atoms with Gasteiger partial charge in [-0.15, -0.1) is 0 Å². The van der Waals surface area contributed by atoms with Crippen LogP contribution in [0.2, 0.25) is 0 Å². The standard InChI is InChI=1S/C19H14N2O2S2/c1-11-6-5-7-12(10-11)21-18(23)16(25-19(21)24)15-13-8-3-4-9-14(13)20(2)17(15)22/h3-10H,1-2H3/b16-15-. The van der Waals surface area contributed by atoms with E-state index in [0.29, 0.717) is 14.8 Å². The Morgan fingerprint density at radius 3 is 2.52 bits per heavy atom. The Bertz CT molecular complexity index is 981. The first kappa shape index (κ1) is 16.1. The van der Waals surface area contributed by atoms with Crippen LogP contribution in [0, 0.1) is 6.92 Å². The Morgan fingerprint density at radius 1 is 1.00 bits per heavy atom. The van der Waals surface area contributed by atoms with E-state index < -0.39 is 0 Å². The first-order valence-corrected chi connectivity index (χ1v) is 8.96. The van der Waals surface area contributed by atoms with Gasteiger partial charge in [0.2, 0.25) is 0 Å². The largest absolute Gasteiger partial charge is 0.311 e. The Morgan fingerprint density at radius 2 is 1.76 bits per heavy atom. The number of thioether (sulfide) groups is 1. The van der Waals surface area contributed by atoms with Gasteiger partial charge in [0.25, 0.3) is 11.8 Å². The van der Waals surface area contributed by atoms with Crippen LogP contribution in [0.3, 0.4) is 0 Å². The number of hydrogen-bond acceptors (Lipinski definition) is 4. The molecule has 0 N–H and O–H groups in total. The molecule has 25 heavy (non-hydrogen) atoms. The highest BCUT2D eigenvalue weighted by Gasteiger charge is 2.41. The lowest BCUT2D eigenvalue weighted by molar-refractivity contribution is -0.115. The second-order valence-electron chi connectivity index (χ2n) is 5.93. The first-order valence-electron chi connectivity index (χ1n) is 7.73. The van der Waals surface area contributed by atoms with Crippen LogP contribution in [0.4, 0.5) is 11.4 Å². The summed E-state index contributed by atoms with van der Waals surface area (Å²) < 4.78 is 0.443. The predicted octanol–water partition coefficient (Wildman–Crippen LogP) is 3.75. The van der Waals surface area contributed by atoms with Crippen LogP contribution in [0.5, 0.6) is 0 Å². The minimum Gasteiger partial charge on any atom is -0.311 e. The van der Waals surface area contributed by atoms with Gasteiger partial charge in [-0.25, -0.2) is 0 Å². The van der Waals surface area contributed by atoms with Crippen molar-refractivity contribution in [1.82, 2.24) is 0 Å². The van der Waals surface area contributed by atoms with Crippen LogP contribution >= 0.6 is 24.0 Å². The number of aryl methyl sites for hydroxylation is 1. The zero-order chi connectivity index (χ0) is 17.7. The molecule has 6 heteroatoms. The molecule has 2 aromatic rings. The van der Waals surface area contributed by atoms with Crippen molar-refractivity contribution in [3.8, 4) is 0 Å². The summed E-state index contributed by atoms with van der Waals surface area (Å²) in [6.07, 6.45) is 0. The van der Waals surface area contributed by atoms with E-state index in [1.165, 1.54) is 16.7 Å². The third-order valence-corrected chi connectivity index (χ3v) is 5.68. The molecule has 0 aromatic heterocycles. The highest BCUT2D eigenvalue weighted by Crippen LogP contribution is 2.44. The van der Waals surface area contributed by atoms with Crippen molar-refractivity contribution in [3.05, 3.63) is 64.6 Å². The van der Waals surface area contributed by atoms with Gasteiger partial charge < -0.3 is 4.90 Å².